The van der Waals surface area contributed by atoms with Crippen LogP contribution in [0.2, 0.25) is 0 Å². The van der Waals surface area contributed by atoms with Gasteiger partial charge in [0, 0.05) is 25.1 Å². The predicted octanol–water partition coefficient (Wildman–Crippen LogP) is 2.95. The molecule has 1 aliphatic carbocycles. The minimum absolute atomic E-state index is 0.387. The van der Waals surface area contributed by atoms with Crippen molar-refractivity contribution >= 4 is 0 Å². The van der Waals surface area contributed by atoms with Gasteiger partial charge in [-0.15, -0.1) is 0 Å². The summed E-state index contributed by atoms with van der Waals surface area (Å²) in [5, 5.41) is 3.64. The van der Waals surface area contributed by atoms with Crippen LogP contribution in [0.3, 0.4) is 0 Å². The summed E-state index contributed by atoms with van der Waals surface area (Å²) in [5.74, 6) is 0. The Hall–Kier alpha value is -1.74. The first-order valence-corrected chi connectivity index (χ1v) is 6.91. The Morgan fingerprint density at radius 2 is 2.26 bits per heavy atom. The zero-order valence-electron chi connectivity index (χ0n) is 11.3. The van der Waals surface area contributed by atoms with E-state index < -0.39 is 0 Å². The highest BCUT2D eigenvalue weighted by Gasteiger charge is 2.20. The molecule has 2 aromatic rings. The smallest absolute Gasteiger partial charge is 0.0605 e. The number of rotatable bonds is 3. The number of aryl methyl sites for hydroxylation is 2. The lowest BCUT2D eigenvalue weighted by Gasteiger charge is -2.25. The maximum absolute atomic E-state index is 4.56. The van der Waals surface area contributed by atoms with Crippen LogP contribution in [-0.2, 0) is 13.0 Å². The molecule has 0 aliphatic heterocycles. The van der Waals surface area contributed by atoms with Gasteiger partial charge in [-0.25, -0.2) is 0 Å². The van der Waals surface area contributed by atoms with Crippen LogP contribution in [0.5, 0.6) is 0 Å². The average Bonchev–Trinajstić information content (AvgIpc) is 2.46. The fourth-order valence-electron chi connectivity index (χ4n) is 2.74. The molecule has 1 atom stereocenters. The van der Waals surface area contributed by atoms with Gasteiger partial charge in [-0.1, -0.05) is 6.07 Å². The number of fused-ring (bicyclic) bond motifs is 1. The molecule has 1 unspecified atom stereocenters. The van der Waals surface area contributed by atoms with Crippen molar-refractivity contribution < 1.29 is 0 Å². The van der Waals surface area contributed by atoms with Crippen LogP contribution < -0.4 is 5.32 Å². The minimum atomic E-state index is 0.387. The number of nitrogens with one attached hydrogen (secondary N) is 1. The fourth-order valence-corrected chi connectivity index (χ4v) is 2.74. The molecule has 3 rings (SSSR count). The molecule has 1 N–H and O–H groups in total. The normalized spacial score (nSPS) is 18.1. The largest absolute Gasteiger partial charge is 0.304 e. The zero-order chi connectivity index (χ0) is 13.1. The monoisotopic (exact) mass is 253 g/mol. The van der Waals surface area contributed by atoms with Crippen LogP contribution in [0.4, 0.5) is 0 Å². The molecule has 0 amide bonds. The number of pyridine rings is 2. The molecule has 0 fully saturated rings. The molecule has 3 heteroatoms. The van der Waals surface area contributed by atoms with E-state index in [0.717, 1.165) is 13.0 Å². The SMILES string of the molecule is Cc1cnccc1CNC1CCCc2cccnc21. The van der Waals surface area contributed by atoms with E-state index in [2.05, 4.69) is 34.3 Å². The molecular weight excluding hydrogens is 234 g/mol. The van der Waals surface area contributed by atoms with Crippen LogP contribution in [0.1, 0.15) is 41.3 Å². The summed E-state index contributed by atoms with van der Waals surface area (Å²) in [6.45, 7) is 2.99. The van der Waals surface area contributed by atoms with Gasteiger partial charge in [0.1, 0.15) is 0 Å². The topological polar surface area (TPSA) is 37.8 Å². The van der Waals surface area contributed by atoms with Crippen molar-refractivity contribution in [2.75, 3.05) is 0 Å². The molecule has 19 heavy (non-hydrogen) atoms. The molecule has 98 valence electrons. The van der Waals surface area contributed by atoms with Crippen molar-refractivity contribution in [3.63, 3.8) is 0 Å². The molecule has 2 aromatic heterocycles. The van der Waals surface area contributed by atoms with Crippen molar-refractivity contribution in [3.05, 3.63) is 59.2 Å². The Morgan fingerprint density at radius 3 is 3.16 bits per heavy atom. The Bertz CT molecular complexity index is 565. The predicted molar refractivity (Wildman–Crippen MR) is 75.7 cm³/mol. The highest BCUT2D eigenvalue weighted by molar-refractivity contribution is 5.26. The van der Waals surface area contributed by atoms with Gasteiger partial charge in [-0.2, -0.15) is 0 Å². The van der Waals surface area contributed by atoms with E-state index in [9.17, 15) is 0 Å². The van der Waals surface area contributed by atoms with E-state index in [1.807, 2.05) is 24.7 Å². The van der Waals surface area contributed by atoms with E-state index in [0.29, 0.717) is 6.04 Å². The average molecular weight is 253 g/mol. The van der Waals surface area contributed by atoms with Crippen LogP contribution in [-0.4, -0.2) is 9.97 Å². The Kier molecular flexibility index (Phi) is 3.56. The standard InChI is InChI=1S/C16H19N3/c1-12-10-17-9-7-14(12)11-19-15-6-2-4-13-5-3-8-18-16(13)15/h3,5,7-10,15,19H,2,4,6,11H2,1H3. The van der Waals surface area contributed by atoms with E-state index in [1.54, 1.807) is 0 Å². The molecule has 2 heterocycles. The number of hydrogen-bond acceptors (Lipinski definition) is 3. The third kappa shape index (κ3) is 2.66. The zero-order valence-corrected chi connectivity index (χ0v) is 11.3. The molecule has 0 saturated heterocycles. The molecule has 0 spiro atoms. The van der Waals surface area contributed by atoms with Gasteiger partial charge in [-0.05, 0) is 55.0 Å². The van der Waals surface area contributed by atoms with Crippen molar-refractivity contribution in [1.82, 2.24) is 15.3 Å². The van der Waals surface area contributed by atoms with Crippen LogP contribution >= 0.6 is 0 Å². The Morgan fingerprint density at radius 1 is 1.32 bits per heavy atom. The third-order valence-corrected chi connectivity index (χ3v) is 3.87. The Labute approximate surface area is 114 Å². The van der Waals surface area contributed by atoms with Crippen molar-refractivity contribution in [3.8, 4) is 0 Å². The number of nitrogens with zero attached hydrogens (tertiary/aromatic N) is 2. The van der Waals surface area contributed by atoms with E-state index >= 15 is 0 Å². The maximum atomic E-state index is 4.56. The Balaban J connectivity index is 1.73. The second-order valence-corrected chi connectivity index (χ2v) is 5.18. The summed E-state index contributed by atoms with van der Waals surface area (Å²) in [5.41, 5.74) is 5.20. The molecule has 0 radical (unpaired) electrons. The lowest BCUT2D eigenvalue weighted by molar-refractivity contribution is 0.447. The fraction of sp³-hybridized carbons (Fsp3) is 0.375. The molecule has 0 bridgehead atoms. The molecule has 1 aliphatic rings. The lowest BCUT2D eigenvalue weighted by Crippen LogP contribution is -2.26. The molecule has 3 nitrogen and oxygen atoms in total. The first-order valence-electron chi connectivity index (χ1n) is 6.91. The van der Waals surface area contributed by atoms with E-state index in [1.165, 1.54) is 35.2 Å². The van der Waals surface area contributed by atoms with Crippen LogP contribution in [0.25, 0.3) is 0 Å². The summed E-state index contributed by atoms with van der Waals surface area (Å²) >= 11 is 0. The summed E-state index contributed by atoms with van der Waals surface area (Å²) in [4.78, 5) is 8.70. The second kappa shape index (κ2) is 5.49. The summed E-state index contributed by atoms with van der Waals surface area (Å²) in [6.07, 6.45) is 9.26. The maximum Gasteiger partial charge on any atom is 0.0605 e. The first-order chi connectivity index (χ1) is 9.34. The van der Waals surface area contributed by atoms with E-state index in [-0.39, 0.29) is 0 Å². The van der Waals surface area contributed by atoms with Crippen molar-refractivity contribution in [2.45, 2.75) is 38.8 Å². The summed E-state index contributed by atoms with van der Waals surface area (Å²) in [7, 11) is 0. The van der Waals surface area contributed by atoms with Gasteiger partial charge in [0.25, 0.3) is 0 Å². The highest BCUT2D eigenvalue weighted by atomic mass is 14.9. The van der Waals surface area contributed by atoms with Gasteiger partial charge in [0.2, 0.25) is 0 Å². The van der Waals surface area contributed by atoms with Gasteiger partial charge in [-0.3, -0.25) is 9.97 Å². The molecule has 0 saturated carbocycles. The van der Waals surface area contributed by atoms with Gasteiger partial charge < -0.3 is 5.32 Å². The van der Waals surface area contributed by atoms with Crippen LogP contribution in [0.15, 0.2) is 36.8 Å². The van der Waals surface area contributed by atoms with Crippen molar-refractivity contribution in [1.29, 1.82) is 0 Å². The van der Waals surface area contributed by atoms with Crippen LogP contribution in [0, 0.1) is 6.92 Å². The molecule has 0 aromatic carbocycles. The first kappa shape index (κ1) is 12.3. The molecular formula is C16H19N3. The summed E-state index contributed by atoms with van der Waals surface area (Å²) < 4.78 is 0. The quantitative estimate of drug-likeness (QED) is 0.914. The summed E-state index contributed by atoms with van der Waals surface area (Å²) in [6, 6.07) is 6.71. The number of aromatic nitrogens is 2. The highest BCUT2D eigenvalue weighted by Crippen LogP contribution is 2.27. The van der Waals surface area contributed by atoms with E-state index in [4.69, 9.17) is 0 Å². The minimum Gasteiger partial charge on any atom is -0.304 e. The van der Waals surface area contributed by atoms with Gasteiger partial charge in [0.05, 0.1) is 11.7 Å². The number of hydrogen-bond donors (Lipinski definition) is 1. The van der Waals surface area contributed by atoms with Gasteiger partial charge >= 0.3 is 0 Å². The lowest BCUT2D eigenvalue weighted by atomic mass is 9.92. The third-order valence-electron chi connectivity index (χ3n) is 3.87. The van der Waals surface area contributed by atoms with Crippen molar-refractivity contribution in [2.24, 2.45) is 0 Å². The van der Waals surface area contributed by atoms with Gasteiger partial charge in [0.15, 0.2) is 0 Å². The second-order valence-electron chi connectivity index (χ2n) is 5.18.